The average molecular weight is 342 g/mol. The zero-order valence-corrected chi connectivity index (χ0v) is 14.0. The van der Waals surface area contributed by atoms with Crippen molar-refractivity contribution in [2.24, 2.45) is 0 Å². The summed E-state index contributed by atoms with van der Waals surface area (Å²) in [6.45, 7) is 8.91. The summed E-state index contributed by atoms with van der Waals surface area (Å²) in [5, 5.41) is 2.64. The standard InChI is InChI=1S/C15H20BrNO3/c1-9-6-7-11(12(16)8-9)13(18)17-10(2)14(19)20-15(3,4)5/h6-8,10H,1-5H3,(H,17,18)/t10-/m0/s1. The van der Waals surface area contributed by atoms with Gasteiger partial charge in [0, 0.05) is 4.47 Å². The average Bonchev–Trinajstić information content (AvgIpc) is 2.26. The normalized spacial score (nSPS) is 12.7. The molecule has 0 saturated heterocycles. The molecule has 1 aromatic rings. The van der Waals surface area contributed by atoms with Crippen molar-refractivity contribution in [3.63, 3.8) is 0 Å². The van der Waals surface area contributed by atoms with Gasteiger partial charge in [0.2, 0.25) is 0 Å². The molecule has 0 fully saturated rings. The smallest absolute Gasteiger partial charge is 0.328 e. The molecule has 1 amide bonds. The molecule has 1 aromatic carbocycles. The van der Waals surface area contributed by atoms with Gasteiger partial charge in [0.05, 0.1) is 5.56 Å². The lowest BCUT2D eigenvalue weighted by Gasteiger charge is -2.22. The van der Waals surface area contributed by atoms with E-state index in [1.165, 1.54) is 0 Å². The molecule has 0 spiro atoms. The molecule has 0 unspecified atom stereocenters. The first-order valence-electron chi connectivity index (χ1n) is 6.40. The van der Waals surface area contributed by atoms with E-state index in [0.29, 0.717) is 10.0 Å². The molecule has 110 valence electrons. The first kappa shape index (κ1) is 16.7. The zero-order valence-electron chi connectivity index (χ0n) is 12.4. The van der Waals surface area contributed by atoms with E-state index in [1.54, 1.807) is 33.8 Å². The lowest BCUT2D eigenvalue weighted by Crippen LogP contribution is -2.42. The SMILES string of the molecule is Cc1ccc(C(=O)N[C@@H](C)C(=O)OC(C)(C)C)c(Br)c1. The van der Waals surface area contributed by atoms with E-state index in [0.717, 1.165) is 5.56 Å². The van der Waals surface area contributed by atoms with Crippen LogP contribution in [0.2, 0.25) is 0 Å². The molecule has 0 saturated carbocycles. The fraction of sp³-hybridized carbons (Fsp3) is 0.467. The van der Waals surface area contributed by atoms with Crippen molar-refractivity contribution in [3.8, 4) is 0 Å². The molecular weight excluding hydrogens is 322 g/mol. The summed E-state index contributed by atoms with van der Waals surface area (Å²) < 4.78 is 5.92. The van der Waals surface area contributed by atoms with E-state index in [1.807, 2.05) is 19.1 Å². The van der Waals surface area contributed by atoms with Crippen LogP contribution in [0.25, 0.3) is 0 Å². The van der Waals surface area contributed by atoms with E-state index in [-0.39, 0.29) is 5.91 Å². The van der Waals surface area contributed by atoms with Crippen molar-refractivity contribution in [3.05, 3.63) is 33.8 Å². The molecule has 0 aromatic heterocycles. The minimum Gasteiger partial charge on any atom is -0.458 e. The third kappa shape index (κ3) is 4.96. The molecule has 0 aliphatic heterocycles. The molecule has 20 heavy (non-hydrogen) atoms. The summed E-state index contributed by atoms with van der Waals surface area (Å²) in [6, 6.07) is 4.72. The molecule has 0 aliphatic rings. The van der Waals surface area contributed by atoms with Crippen molar-refractivity contribution in [2.45, 2.75) is 46.3 Å². The van der Waals surface area contributed by atoms with Crippen LogP contribution in [0, 0.1) is 6.92 Å². The van der Waals surface area contributed by atoms with Crippen molar-refractivity contribution >= 4 is 27.8 Å². The number of nitrogens with one attached hydrogen (secondary N) is 1. The Labute approximate surface area is 128 Å². The Kier molecular flexibility index (Phi) is 5.34. The maximum Gasteiger partial charge on any atom is 0.328 e. The summed E-state index contributed by atoms with van der Waals surface area (Å²) in [5.41, 5.74) is 0.972. The third-order valence-corrected chi connectivity index (χ3v) is 3.13. The van der Waals surface area contributed by atoms with Gasteiger partial charge in [0.25, 0.3) is 5.91 Å². The predicted molar refractivity (Wildman–Crippen MR) is 81.7 cm³/mol. The number of rotatable bonds is 3. The van der Waals surface area contributed by atoms with Crippen molar-refractivity contribution in [2.75, 3.05) is 0 Å². The predicted octanol–water partition coefficient (Wildman–Crippen LogP) is 3.22. The van der Waals surface area contributed by atoms with Crippen LogP contribution < -0.4 is 5.32 Å². The van der Waals surface area contributed by atoms with Crippen molar-refractivity contribution < 1.29 is 14.3 Å². The summed E-state index contributed by atoms with van der Waals surface area (Å²) >= 11 is 3.35. The Morgan fingerprint density at radius 1 is 1.30 bits per heavy atom. The second-order valence-electron chi connectivity index (χ2n) is 5.71. The molecule has 1 rings (SSSR count). The van der Waals surface area contributed by atoms with Gasteiger partial charge >= 0.3 is 5.97 Å². The van der Waals surface area contributed by atoms with E-state index < -0.39 is 17.6 Å². The van der Waals surface area contributed by atoms with Crippen molar-refractivity contribution in [1.82, 2.24) is 5.32 Å². The number of esters is 1. The number of benzene rings is 1. The molecular formula is C15H20BrNO3. The highest BCUT2D eigenvalue weighted by molar-refractivity contribution is 9.10. The quantitative estimate of drug-likeness (QED) is 0.858. The van der Waals surface area contributed by atoms with Crippen LogP contribution in [0.3, 0.4) is 0 Å². The highest BCUT2D eigenvalue weighted by Crippen LogP contribution is 2.18. The van der Waals surface area contributed by atoms with Gasteiger partial charge in [-0.15, -0.1) is 0 Å². The Morgan fingerprint density at radius 3 is 2.40 bits per heavy atom. The Balaban J connectivity index is 2.73. The summed E-state index contributed by atoms with van der Waals surface area (Å²) in [7, 11) is 0. The maximum atomic E-state index is 12.1. The molecule has 0 heterocycles. The first-order valence-corrected chi connectivity index (χ1v) is 7.19. The minimum absolute atomic E-state index is 0.310. The van der Waals surface area contributed by atoms with Gasteiger partial charge in [-0.1, -0.05) is 6.07 Å². The lowest BCUT2D eigenvalue weighted by atomic mass is 10.1. The van der Waals surface area contributed by atoms with Gasteiger partial charge in [-0.05, 0) is 68.2 Å². The van der Waals surface area contributed by atoms with E-state index in [9.17, 15) is 9.59 Å². The van der Waals surface area contributed by atoms with Crippen LogP contribution in [0.5, 0.6) is 0 Å². The monoisotopic (exact) mass is 341 g/mol. The zero-order chi connectivity index (χ0) is 15.5. The topological polar surface area (TPSA) is 55.4 Å². The summed E-state index contributed by atoms with van der Waals surface area (Å²) in [5.74, 6) is -0.760. The maximum absolute atomic E-state index is 12.1. The van der Waals surface area contributed by atoms with Gasteiger partial charge in [-0.25, -0.2) is 4.79 Å². The third-order valence-electron chi connectivity index (χ3n) is 2.48. The fourth-order valence-electron chi connectivity index (χ4n) is 1.53. The van der Waals surface area contributed by atoms with Crippen LogP contribution in [-0.4, -0.2) is 23.5 Å². The number of ether oxygens (including phenoxy) is 1. The number of carbonyl (C=O) groups excluding carboxylic acids is 2. The minimum atomic E-state index is -0.699. The lowest BCUT2D eigenvalue weighted by molar-refractivity contribution is -0.156. The van der Waals surface area contributed by atoms with Crippen molar-refractivity contribution in [1.29, 1.82) is 0 Å². The number of amides is 1. The van der Waals surface area contributed by atoms with Gasteiger partial charge in [-0.3, -0.25) is 4.79 Å². The first-order chi connectivity index (χ1) is 9.10. The van der Waals surface area contributed by atoms with Gasteiger partial charge in [0.1, 0.15) is 11.6 Å². The van der Waals surface area contributed by atoms with E-state index >= 15 is 0 Å². The van der Waals surface area contributed by atoms with Crippen LogP contribution in [-0.2, 0) is 9.53 Å². The number of aryl methyl sites for hydroxylation is 1. The largest absolute Gasteiger partial charge is 0.458 e. The number of hydrogen-bond acceptors (Lipinski definition) is 3. The summed E-state index contributed by atoms with van der Waals surface area (Å²) in [6.07, 6.45) is 0. The molecule has 1 atom stereocenters. The highest BCUT2D eigenvalue weighted by Gasteiger charge is 2.23. The number of hydrogen-bond donors (Lipinski definition) is 1. The second kappa shape index (κ2) is 6.39. The Morgan fingerprint density at radius 2 is 1.90 bits per heavy atom. The van der Waals surface area contributed by atoms with Gasteiger partial charge in [-0.2, -0.15) is 0 Å². The van der Waals surface area contributed by atoms with Gasteiger partial charge in [0.15, 0.2) is 0 Å². The van der Waals surface area contributed by atoms with Crippen LogP contribution in [0.1, 0.15) is 43.6 Å². The molecule has 0 bridgehead atoms. The molecule has 1 N–H and O–H groups in total. The van der Waals surface area contributed by atoms with E-state index in [4.69, 9.17) is 4.74 Å². The van der Waals surface area contributed by atoms with Crippen LogP contribution in [0.4, 0.5) is 0 Å². The number of halogens is 1. The van der Waals surface area contributed by atoms with Crippen LogP contribution in [0.15, 0.2) is 22.7 Å². The molecule has 0 radical (unpaired) electrons. The molecule has 0 aliphatic carbocycles. The fourth-order valence-corrected chi connectivity index (χ4v) is 2.20. The number of carbonyl (C=O) groups is 2. The van der Waals surface area contributed by atoms with Crippen LogP contribution >= 0.6 is 15.9 Å². The molecule has 5 heteroatoms. The highest BCUT2D eigenvalue weighted by atomic mass is 79.9. The Hall–Kier alpha value is -1.36. The Bertz CT molecular complexity index is 520. The van der Waals surface area contributed by atoms with E-state index in [2.05, 4.69) is 21.2 Å². The second-order valence-corrected chi connectivity index (χ2v) is 6.57. The van der Waals surface area contributed by atoms with Gasteiger partial charge < -0.3 is 10.1 Å². The summed E-state index contributed by atoms with van der Waals surface area (Å²) in [4.78, 5) is 23.9. The molecule has 4 nitrogen and oxygen atoms in total.